The van der Waals surface area contributed by atoms with Gasteiger partial charge in [-0.3, -0.25) is 4.79 Å². The Hall–Kier alpha value is 0.158. The van der Waals surface area contributed by atoms with E-state index in [0.29, 0.717) is 0 Å². The van der Waals surface area contributed by atoms with E-state index in [-0.39, 0.29) is 38.4 Å². The van der Waals surface area contributed by atoms with Crippen molar-refractivity contribution in [3.63, 3.8) is 0 Å². The first-order chi connectivity index (χ1) is 7.16. The van der Waals surface area contributed by atoms with Gasteiger partial charge in [-0.25, -0.2) is 0 Å². The van der Waals surface area contributed by atoms with Gasteiger partial charge < -0.3 is 17.7 Å². The van der Waals surface area contributed by atoms with Crippen LogP contribution in [0.5, 0.6) is 0 Å². The van der Waals surface area contributed by atoms with E-state index in [1.807, 2.05) is 34.1 Å². The minimum absolute atomic E-state index is 0. The molecular formula is C14H29NOW. The van der Waals surface area contributed by atoms with Gasteiger partial charge in [0.25, 0.3) is 0 Å². The molecule has 2 nitrogen and oxygen atoms in total. The number of nitrogens with one attached hydrogen (secondary N) is 1. The summed E-state index contributed by atoms with van der Waals surface area (Å²) in [6, 6.07) is 0. The van der Waals surface area contributed by atoms with Gasteiger partial charge in [-0.2, -0.15) is 34.1 Å². The first kappa shape index (κ1) is 22.3. The summed E-state index contributed by atoms with van der Waals surface area (Å²) in [5.74, 6) is 1.54. The van der Waals surface area contributed by atoms with E-state index in [0.717, 1.165) is 6.42 Å². The van der Waals surface area contributed by atoms with Crippen LogP contribution >= 0.6 is 0 Å². The third-order valence-corrected chi connectivity index (χ3v) is 1.78. The van der Waals surface area contributed by atoms with Crippen LogP contribution in [0.15, 0.2) is 0 Å². The van der Waals surface area contributed by atoms with Crippen molar-refractivity contribution < 1.29 is 25.9 Å². The normalized spacial score (nSPS) is 10.5. The Morgan fingerprint density at radius 3 is 1.88 bits per heavy atom. The van der Waals surface area contributed by atoms with Crippen molar-refractivity contribution in [1.29, 1.82) is 0 Å². The van der Waals surface area contributed by atoms with E-state index in [9.17, 15) is 4.79 Å². The van der Waals surface area contributed by atoms with Crippen molar-refractivity contribution >= 4 is 5.91 Å². The van der Waals surface area contributed by atoms with Crippen LogP contribution in [0.3, 0.4) is 0 Å². The molecule has 1 amide bonds. The van der Waals surface area contributed by atoms with Crippen molar-refractivity contribution in [2.75, 3.05) is 0 Å². The Bertz CT molecular complexity index is 189. The molecule has 0 spiro atoms. The molecule has 0 saturated carbocycles. The molecular weight excluding hydrogens is 382 g/mol. The Morgan fingerprint density at radius 1 is 1.29 bits per heavy atom. The first-order valence-electron chi connectivity index (χ1n) is 6.01. The van der Waals surface area contributed by atoms with E-state index in [1.165, 1.54) is 5.92 Å². The summed E-state index contributed by atoms with van der Waals surface area (Å²) >= 11 is 0. The molecule has 0 aliphatic heterocycles. The molecule has 0 aliphatic carbocycles. The largest absolute Gasteiger partial charge is 2.00 e. The van der Waals surface area contributed by atoms with Gasteiger partial charge in [0.05, 0.1) is 0 Å². The van der Waals surface area contributed by atoms with Crippen LogP contribution in [0, 0.1) is 18.3 Å². The molecule has 0 fully saturated rings. The fourth-order valence-electron chi connectivity index (χ4n) is 1.41. The molecule has 0 radical (unpaired) electrons. The standard InChI is InChI=1S/C11H22NO.C3H7.W/c1-8(2)7-11(5,6)12-10(13)9(3)4;1-3-2;/h9H,7H2,1-6H3,(H,12,13);3H,1-2H3;/q2*-1;+2. The zero-order valence-corrected chi connectivity index (χ0v) is 15.6. The second-order valence-electron chi connectivity index (χ2n) is 5.49. The number of hydrogen-bond donors (Lipinski definition) is 1. The molecule has 0 atom stereocenters. The molecule has 0 aliphatic rings. The van der Waals surface area contributed by atoms with Crippen molar-refractivity contribution in [1.82, 2.24) is 5.32 Å². The molecule has 17 heavy (non-hydrogen) atoms. The van der Waals surface area contributed by atoms with Crippen LogP contribution in [-0.2, 0) is 25.9 Å². The molecule has 0 unspecified atom stereocenters. The average Bonchev–Trinajstić information content (AvgIpc) is 2.01. The van der Waals surface area contributed by atoms with Crippen LogP contribution in [0.25, 0.3) is 0 Å². The third kappa shape index (κ3) is 16.2. The topological polar surface area (TPSA) is 29.1 Å². The number of rotatable bonds is 4. The summed E-state index contributed by atoms with van der Waals surface area (Å²) in [5, 5.41) is 3.03. The van der Waals surface area contributed by atoms with Crippen molar-refractivity contribution in [2.24, 2.45) is 5.92 Å². The van der Waals surface area contributed by atoms with E-state index in [4.69, 9.17) is 0 Å². The molecule has 0 aromatic carbocycles. The fourth-order valence-corrected chi connectivity index (χ4v) is 1.41. The van der Waals surface area contributed by atoms with Crippen LogP contribution < -0.4 is 5.32 Å². The fraction of sp³-hybridized carbons (Fsp3) is 0.786. The van der Waals surface area contributed by atoms with Crippen LogP contribution in [0.2, 0.25) is 0 Å². The third-order valence-electron chi connectivity index (χ3n) is 1.78. The summed E-state index contributed by atoms with van der Waals surface area (Å²) in [6.07, 6.45) is 2.94. The van der Waals surface area contributed by atoms with Gasteiger partial charge in [0.2, 0.25) is 5.91 Å². The van der Waals surface area contributed by atoms with Gasteiger partial charge in [0, 0.05) is 11.5 Å². The summed E-state index contributed by atoms with van der Waals surface area (Å²) < 4.78 is 0. The zero-order valence-electron chi connectivity index (χ0n) is 12.7. The minimum atomic E-state index is -0.111. The molecule has 0 saturated heterocycles. The molecule has 3 heteroatoms. The molecule has 102 valence electrons. The Labute approximate surface area is 123 Å². The molecule has 0 heterocycles. The Morgan fingerprint density at radius 2 is 1.65 bits per heavy atom. The van der Waals surface area contributed by atoms with Crippen LogP contribution in [-0.4, -0.2) is 11.4 Å². The predicted octanol–water partition coefficient (Wildman–Crippen LogP) is 3.77. The van der Waals surface area contributed by atoms with Crippen molar-refractivity contribution in [3.05, 3.63) is 12.3 Å². The second-order valence-corrected chi connectivity index (χ2v) is 5.49. The Kier molecular flexibility index (Phi) is 14.8. The van der Waals surface area contributed by atoms with E-state index in [1.54, 1.807) is 0 Å². The van der Waals surface area contributed by atoms with Gasteiger partial charge >= 0.3 is 21.1 Å². The van der Waals surface area contributed by atoms with Gasteiger partial charge in [0.1, 0.15) is 0 Å². The summed E-state index contributed by atoms with van der Waals surface area (Å²) in [6.45, 7) is 16.1. The summed E-state index contributed by atoms with van der Waals surface area (Å²) in [5.41, 5.74) is -0.111. The Balaban J connectivity index is -0.000000440. The quantitative estimate of drug-likeness (QED) is 0.702. The SMILES string of the molecule is C[C-](C)CC(C)(C)NC(=O)C(C)C.C[CH-]C.[W+2]. The van der Waals surface area contributed by atoms with Gasteiger partial charge in [-0.1, -0.05) is 13.8 Å². The maximum absolute atomic E-state index is 11.4. The molecule has 0 bridgehead atoms. The van der Waals surface area contributed by atoms with E-state index >= 15 is 0 Å². The summed E-state index contributed by atoms with van der Waals surface area (Å²) in [4.78, 5) is 11.4. The number of hydrogen-bond acceptors (Lipinski definition) is 1. The molecule has 1 N–H and O–H groups in total. The van der Waals surface area contributed by atoms with Crippen molar-refractivity contribution in [2.45, 2.75) is 67.3 Å². The van der Waals surface area contributed by atoms with E-state index < -0.39 is 0 Å². The minimum Gasteiger partial charge on any atom is -0.354 e. The van der Waals surface area contributed by atoms with Gasteiger partial charge in [-0.15, -0.1) is 0 Å². The maximum atomic E-state index is 11.4. The first-order valence-corrected chi connectivity index (χ1v) is 6.01. The van der Waals surface area contributed by atoms with Crippen LogP contribution in [0.1, 0.15) is 61.8 Å². The van der Waals surface area contributed by atoms with Gasteiger partial charge in [-0.05, 0) is 13.8 Å². The second kappa shape index (κ2) is 11.3. The van der Waals surface area contributed by atoms with E-state index in [2.05, 4.69) is 33.0 Å². The number of carbonyl (C=O) groups is 1. The maximum Gasteiger partial charge on any atom is 2.00 e. The van der Waals surface area contributed by atoms with Gasteiger partial charge in [0.15, 0.2) is 0 Å². The zero-order chi connectivity index (χ0) is 13.4. The summed E-state index contributed by atoms with van der Waals surface area (Å²) in [7, 11) is 0. The number of amides is 1. The smallest absolute Gasteiger partial charge is 0.354 e. The molecule has 0 aromatic rings. The monoisotopic (exact) mass is 411 g/mol. The van der Waals surface area contributed by atoms with Crippen LogP contribution in [0.4, 0.5) is 0 Å². The average molecular weight is 411 g/mol. The predicted molar refractivity (Wildman–Crippen MR) is 71.9 cm³/mol. The number of carbonyl (C=O) groups excluding carboxylic acids is 1. The molecule has 0 rings (SSSR count). The van der Waals surface area contributed by atoms with Crippen molar-refractivity contribution in [3.8, 4) is 0 Å². The molecule has 0 aromatic heterocycles.